The van der Waals surface area contributed by atoms with E-state index in [1.807, 2.05) is 42.5 Å². The molecule has 0 aliphatic carbocycles. The van der Waals surface area contributed by atoms with Crippen LogP contribution in [0.3, 0.4) is 0 Å². The predicted octanol–water partition coefficient (Wildman–Crippen LogP) is 3.86. The van der Waals surface area contributed by atoms with Crippen LogP contribution in [0.5, 0.6) is 0 Å². The first-order valence-corrected chi connectivity index (χ1v) is 41.0. The minimum absolute atomic E-state index is 0.0144. The molecule has 4 aliphatic heterocycles. The Labute approximate surface area is 652 Å². The number of carbonyl (C=O) groups excluding carboxylic acids is 12. The third kappa shape index (κ3) is 23.7. The number of H-pyrrole nitrogens is 3. The van der Waals surface area contributed by atoms with Gasteiger partial charge in [-0.15, -0.1) is 0 Å². The van der Waals surface area contributed by atoms with Gasteiger partial charge in [-0.2, -0.15) is 0 Å². The van der Waals surface area contributed by atoms with Crippen molar-refractivity contribution >= 4 is 120 Å². The van der Waals surface area contributed by atoms with Crippen molar-refractivity contribution in [3.63, 3.8) is 0 Å². The number of carbonyl (C=O) groups is 12. The number of allylic oxidation sites excluding steroid dienone is 1. The number of nitrogens with two attached hydrogens (primary N) is 3. The molecule has 7 heterocycles. The van der Waals surface area contributed by atoms with Gasteiger partial charge in [0.1, 0.15) is 59.6 Å². The molecule has 17 N–H and O–H groups in total. The lowest BCUT2D eigenvalue weighted by Crippen LogP contribution is -2.61. The minimum Gasteiger partial charge on any atom is -0.391 e. The first-order chi connectivity index (χ1) is 53.7. The van der Waals surface area contributed by atoms with Gasteiger partial charge in [-0.1, -0.05) is 108 Å². The maximum atomic E-state index is 15.8. The topological polar surface area (TPSA) is 463 Å². The zero-order valence-electron chi connectivity index (χ0n) is 62.6. The van der Waals surface area contributed by atoms with Gasteiger partial charge in [0.15, 0.2) is 5.78 Å². The van der Waals surface area contributed by atoms with Crippen LogP contribution in [0.4, 0.5) is 0 Å². The van der Waals surface area contributed by atoms with Gasteiger partial charge in [-0.3, -0.25) is 62.5 Å². The number of Topliss-reactive ketones (excluding diaryl/α,β-unsaturated/α-hetero) is 4. The van der Waals surface area contributed by atoms with E-state index < -0.39 is 174 Å². The highest BCUT2D eigenvalue weighted by atomic mass is 33.1. The summed E-state index contributed by atoms with van der Waals surface area (Å²) in [5, 5.41) is 33.2. The van der Waals surface area contributed by atoms with E-state index >= 15 is 43.2 Å². The molecule has 29 nitrogen and oxygen atoms in total. The number of nitrogens with one attached hydrogen (secondary N) is 10. The van der Waals surface area contributed by atoms with E-state index in [1.54, 1.807) is 68.0 Å². The maximum Gasteiger partial charge on any atom is 0.246 e. The van der Waals surface area contributed by atoms with E-state index in [4.69, 9.17) is 17.2 Å². The summed E-state index contributed by atoms with van der Waals surface area (Å²) >= 11 is 0. The normalized spacial score (nSPS) is 26.0. The van der Waals surface area contributed by atoms with Crippen molar-refractivity contribution in [3.05, 3.63) is 138 Å². The molecule has 4 aliphatic rings. The molecule has 3 aromatic carbocycles. The SMILES string of the molecule is C[C@@H]1CC(=O)[C@@H]2CSSC[C@H](NC(=O)[C@H](Cc3c[nH]c4ccccc34)NC(=O)[C@H](CCCCN)NC(=O)[C@H](CCCCN)NC(=O)[C@H](CCCCN)CC1=O)C(=O)N1C[C@H](O)C[C@H]1C(=O)N[C@@H](Cc1cnc[nH]1)C(=O)N[C@H](Cc1ccccc1)C(=O)N[C@@H](CC1=CCC=N1)C(=O)C[C@@H](Cc1c[nH]c3ccccc13)C(=O)C2. The fourth-order valence-corrected chi connectivity index (χ4v) is 17.3. The second-order valence-corrected chi connectivity index (χ2v) is 32.0. The Morgan fingerprint density at radius 1 is 0.495 bits per heavy atom. The van der Waals surface area contributed by atoms with Crippen LogP contribution in [0.2, 0.25) is 0 Å². The summed E-state index contributed by atoms with van der Waals surface area (Å²) in [5.74, 6) is -13.3. The van der Waals surface area contributed by atoms with Crippen LogP contribution in [0.1, 0.15) is 132 Å². The van der Waals surface area contributed by atoms with Gasteiger partial charge in [0.25, 0.3) is 0 Å². The largest absolute Gasteiger partial charge is 0.391 e. The van der Waals surface area contributed by atoms with E-state index in [0.717, 1.165) is 37.4 Å². The smallest absolute Gasteiger partial charge is 0.246 e. The Morgan fingerprint density at radius 2 is 1.04 bits per heavy atom. The fraction of sp³-hybridized carbons (Fsp3) is 0.500. The minimum atomic E-state index is -1.60. The third-order valence-corrected chi connectivity index (χ3v) is 23.6. The fourth-order valence-electron chi connectivity index (χ4n) is 14.8. The Hall–Kier alpha value is -9.66. The Balaban J connectivity index is 1.09. The average molecular weight is 1560 g/mol. The van der Waals surface area contributed by atoms with E-state index in [9.17, 15) is 19.5 Å². The van der Waals surface area contributed by atoms with Gasteiger partial charge in [-0.25, -0.2) is 4.98 Å². The van der Waals surface area contributed by atoms with Gasteiger partial charge >= 0.3 is 0 Å². The standard InChI is InChI=1S/C80H104N16O13S2/c1-47-30-70(99)53-36-71(100)50(32-51-40-86-59-22-7-5-20-57(51)59)35-72(101)63(37-54-19-15-29-85-54)91-76(105)64(31-48-16-3-2-4-17-48)92-78(107)66(38-55-42-84-46-88-55)94-79(108)68-39-56(97)43-96(68)80(109)67(45-111-110-44-53)95-77(106)65(33-52-41-87-60-23-8-6-21-58(52)60)93-75(104)62(25-11-14-28-83)90-74(103)61(24-10-13-27-82)89-73(102)49(34-69(47)98)18-9-12-26-81/h2-8,16-17,19-23,29,40-42,46-47,49-50,53,56,61-68,86-87,97H,9-15,18,24-28,30-39,43-45,81-83H2,1H3,(H,84,88)(H,89,102)(H,90,103)(H,91,105)(H,92,107)(H,93,104)(H,94,108)(H,95,106)/t47-,49-,50-,53+,56-,61+,62+,63+,64-,65+,66+,67+,68+/m1/s1. The summed E-state index contributed by atoms with van der Waals surface area (Å²) in [6.45, 7) is 1.93. The summed E-state index contributed by atoms with van der Waals surface area (Å²) in [5.41, 5.74) is 22.1. The number of fused-ring (bicyclic) bond motifs is 8. The number of aromatic nitrogens is 4. The van der Waals surface area contributed by atoms with Gasteiger partial charge in [0.05, 0.1) is 18.5 Å². The summed E-state index contributed by atoms with van der Waals surface area (Å²) < 4.78 is 0. The molecular weight excluding hydrogens is 1460 g/mol. The average Bonchev–Trinajstić information content (AvgIpc) is 1.71. The van der Waals surface area contributed by atoms with Crippen molar-refractivity contribution in [2.45, 2.75) is 190 Å². The monoisotopic (exact) mass is 1560 g/mol. The molecule has 8 amide bonds. The molecule has 0 radical (unpaired) electrons. The van der Waals surface area contributed by atoms with Crippen LogP contribution < -0.4 is 54.4 Å². The number of amides is 8. The molecule has 2 bridgehead atoms. The van der Waals surface area contributed by atoms with Gasteiger partial charge < -0.3 is 79.4 Å². The Kier molecular flexibility index (Phi) is 31.4. The number of aromatic amines is 3. The maximum absolute atomic E-state index is 15.8. The van der Waals surface area contributed by atoms with E-state index in [2.05, 4.69) is 62.1 Å². The number of benzene rings is 3. The van der Waals surface area contributed by atoms with Crippen LogP contribution in [0, 0.1) is 23.7 Å². The molecule has 3 fully saturated rings. The number of imidazole rings is 1. The summed E-state index contributed by atoms with van der Waals surface area (Å²) in [7, 11) is 2.12. The van der Waals surface area contributed by atoms with Crippen LogP contribution >= 0.6 is 21.6 Å². The Bertz CT molecular complexity index is 4300. The van der Waals surface area contributed by atoms with Crippen LogP contribution in [0.15, 0.2) is 121 Å². The second kappa shape index (κ2) is 41.6. The van der Waals surface area contributed by atoms with Crippen molar-refractivity contribution < 1.29 is 62.6 Å². The number of rotatable bonds is 22. The molecule has 0 saturated carbocycles. The highest BCUT2D eigenvalue weighted by molar-refractivity contribution is 8.76. The van der Waals surface area contributed by atoms with Crippen LogP contribution in [-0.2, 0) is 83.2 Å². The lowest BCUT2D eigenvalue weighted by molar-refractivity contribution is -0.142. The van der Waals surface area contributed by atoms with Gasteiger partial charge in [-0.05, 0) is 106 Å². The second-order valence-electron chi connectivity index (χ2n) is 29.5. The van der Waals surface area contributed by atoms with Crippen molar-refractivity contribution in [1.82, 2.24) is 62.1 Å². The number of para-hydroxylation sites is 2. The number of hydrogen-bond donors (Lipinski definition) is 14. The highest BCUT2D eigenvalue weighted by Crippen LogP contribution is 2.33. The molecule has 594 valence electrons. The third-order valence-electron chi connectivity index (χ3n) is 21.1. The quantitative estimate of drug-likeness (QED) is 0.0339. The molecular formula is C80H104N16O13S2. The number of ketones is 4. The number of aliphatic hydroxyl groups excluding tert-OH is 1. The van der Waals surface area contributed by atoms with Crippen LogP contribution in [0.25, 0.3) is 21.8 Å². The van der Waals surface area contributed by atoms with Crippen molar-refractivity contribution in [3.8, 4) is 0 Å². The van der Waals surface area contributed by atoms with Crippen LogP contribution in [-0.4, -0.2) is 199 Å². The number of aliphatic imine (C=N–C) groups is 1. The first-order valence-electron chi connectivity index (χ1n) is 38.6. The molecule has 13 atom stereocenters. The molecule has 3 aromatic heterocycles. The van der Waals surface area contributed by atoms with Gasteiger partial charge in [0.2, 0.25) is 47.3 Å². The molecule has 111 heavy (non-hydrogen) atoms. The molecule has 0 unspecified atom stereocenters. The molecule has 31 heteroatoms. The molecule has 10 rings (SSSR count). The lowest BCUT2D eigenvalue weighted by Gasteiger charge is -2.31. The van der Waals surface area contributed by atoms with E-state index in [-0.39, 0.29) is 95.3 Å². The summed E-state index contributed by atoms with van der Waals surface area (Å²) in [6, 6.07) is 12.0. The zero-order valence-corrected chi connectivity index (χ0v) is 64.2. The lowest BCUT2D eigenvalue weighted by atomic mass is 9.82. The zero-order chi connectivity index (χ0) is 78.9. The van der Waals surface area contributed by atoms with Crippen molar-refractivity contribution in [1.29, 1.82) is 0 Å². The summed E-state index contributed by atoms with van der Waals surface area (Å²) in [6.07, 6.45) is 9.01. The van der Waals surface area contributed by atoms with Crippen molar-refractivity contribution in [2.75, 3.05) is 37.7 Å². The molecule has 0 spiro atoms. The molecule has 6 aromatic rings. The number of nitrogens with zero attached hydrogens (tertiary/aromatic N) is 3. The predicted molar refractivity (Wildman–Crippen MR) is 424 cm³/mol. The van der Waals surface area contributed by atoms with E-state index in [1.165, 1.54) is 12.5 Å². The Morgan fingerprint density at radius 3 is 1.66 bits per heavy atom. The summed E-state index contributed by atoms with van der Waals surface area (Å²) in [4.78, 5) is 203. The van der Waals surface area contributed by atoms with Gasteiger partial charge in [0, 0.05) is 164 Å². The molecule has 3 saturated heterocycles. The van der Waals surface area contributed by atoms with Crippen molar-refractivity contribution in [2.24, 2.45) is 45.9 Å². The number of unbranched alkanes of at least 4 members (excludes halogenated alkanes) is 3. The van der Waals surface area contributed by atoms with E-state index in [0.29, 0.717) is 83.9 Å². The first kappa shape index (κ1) is 83.8. The number of hydrogen-bond acceptors (Lipinski definition) is 20. The number of aliphatic hydroxyl groups is 1. The highest BCUT2D eigenvalue weighted by Gasteiger charge is 2.45.